The zero-order chi connectivity index (χ0) is 31.4. The van der Waals surface area contributed by atoms with Crippen molar-refractivity contribution in [3.8, 4) is 23.2 Å². The minimum atomic E-state index is -1.59. The third-order valence-corrected chi connectivity index (χ3v) is 7.78. The maximum Gasteiger partial charge on any atom is 0.253 e. The van der Waals surface area contributed by atoms with Gasteiger partial charge < -0.3 is 30.1 Å². The number of nitrogens with one attached hydrogen (secondary N) is 1. The number of ether oxygens (including phenoxy) is 1. The highest BCUT2D eigenvalue weighted by molar-refractivity contribution is 5.84. The third kappa shape index (κ3) is 6.60. The van der Waals surface area contributed by atoms with Crippen LogP contribution in [0.4, 0.5) is 16.0 Å². The number of nitriles is 1. The number of piperazine rings is 1. The Balaban J connectivity index is 1.25. The maximum atomic E-state index is 14.9. The number of aliphatic hydroxyl groups excluding tert-OH is 2. The molecule has 2 saturated heterocycles. The average Bonchev–Trinajstić information content (AvgIpc) is 3.04. The van der Waals surface area contributed by atoms with E-state index in [-0.39, 0.29) is 48.7 Å². The van der Waals surface area contributed by atoms with E-state index in [1.807, 2.05) is 36.2 Å². The smallest absolute Gasteiger partial charge is 0.253 e. The lowest BCUT2D eigenvalue weighted by atomic mass is 10.0. The molecular weight excluding hydrogens is 571 g/mol. The van der Waals surface area contributed by atoms with Gasteiger partial charge in [0.2, 0.25) is 11.9 Å². The Labute approximate surface area is 253 Å². The molecule has 3 aromatic rings. The number of likely N-dealkylation sites (N-methyl/N-ethyl adjacent to an activating group) is 2. The molecular formula is C30H33FN8O5. The number of alkyl halides is 1. The molecule has 0 spiro atoms. The summed E-state index contributed by atoms with van der Waals surface area (Å²) in [5.74, 6) is 0.0731. The van der Waals surface area contributed by atoms with Gasteiger partial charge in [-0.15, -0.1) is 0 Å². The largest absolute Gasteiger partial charge is 0.486 e. The number of aromatic nitrogens is 3. The zero-order valence-corrected chi connectivity index (χ0v) is 24.3. The van der Waals surface area contributed by atoms with Crippen LogP contribution in [0.2, 0.25) is 0 Å². The number of carbonyl (C=O) groups excluding carboxylic acids is 2. The van der Waals surface area contributed by atoms with Crippen LogP contribution in [0, 0.1) is 11.3 Å². The van der Waals surface area contributed by atoms with Gasteiger partial charge in [-0.3, -0.25) is 14.5 Å². The lowest BCUT2D eigenvalue weighted by molar-refractivity contribution is -0.146. The number of benzene rings is 2. The molecule has 5 rings (SSSR count). The quantitative estimate of drug-likeness (QED) is 0.339. The Hall–Kier alpha value is -4.71. The number of halogens is 1. The number of anilines is 2. The first-order valence-corrected chi connectivity index (χ1v) is 14.1. The lowest BCUT2D eigenvalue weighted by Crippen LogP contribution is -2.52. The predicted octanol–water partition coefficient (Wildman–Crippen LogP) is 1.27. The van der Waals surface area contributed by atoms with Crippen molar-refractivity contribution in [2.24, 2.45) is 0 Å². The molecule has 0 bridgehead atoms. The van der Waals surface area contributed by atoms with Crippen molar-refractivity contribution in [2.75, 3.05) is 52.2 Å². The summed E-state index contributed by atoms with van der Waals surface area (Å²) in [5.41, 5.74) is 2.28. The van der Waals surface area contributed by atoms with Crippen LogP contribution in [0.15, 0.2) is 48.8 Å². The fourth-order valence-corrected chi connectivity index (χ4v) is 5.24. The van der Waals surface area contributed by atoms with Gasteiger partial charge in [0.25, 0.3) is 5.91 Å². The van der Waals surface area contributed by atoms with E-state index >= 15 is 0 Å². The molecule has 2 fully saturated rings. The second-order valence-electron chi connectivity index (χ2n) is 10.8. The molecule has 3 heterocycles. The van der Waals surface area contributed by atoms with Crippen molar-refractivity contribution in [1.29, 1.82) is 5.26 Å². The highest BCUT2D eigenvalue weighted by Crippen LogP contribution is 2.29. The Morgan fingerprint density at radius 3 is 2.66 bits per heavy atom. The van der Waals surface area contributed by atoms with Gasteiger partial charge in [-0.2, -0.15) is 10.2 Å². The maximum absolute atomic E-state index is 14.9. The van der Waals surface area contributed by atoms with E-state index in [1.54, 1.807) is 30.1 Å². The summed E-state index contributed by atoms with van der Waals surface area (Å²) in [5, 5.41) is 31.5. The van der Waals surface area contributed by atoms with Gasteiger partial charge in [-0.05, 0) is 42.9 Å². The second kappa shape index (κ2) is 13.3. The summed E-state index contributed by atoms with van der Waals surface area (Å²) >= 11 is 0. The Morgan fingerprint density at radius 1 is 1.18 bits per heavy atom. The summed E-state index contributed by atoms with van der Waals surface area (Å²) in [4.78, 5) is 42.6. The van der Waals surface area contributed by atoms with Crippen LogP contribution in [-0.2, 0) is 9.59 Å². The summed E-state index contributed by atoms with van der Waals surface area (Å²) in [7, 11) is 3.74. The van der Waals surface area contributed by atoms with Crippen LogP contribution in [0.1, 0.15) is 23.6 Å². The van der Waals surface area contributed by atoms with Crippen molar-refractivity contribution >= 4 is 23.5 Å². The number of nitrogens with zero attached hydrogens (tertiary/aromatic N) is 7. The van der Waals surface area contributed by atoms with Gasteiger partial charge in [-0.1, -0.05) is 12.1 Å². The number of hydrogen-bond acceptors (Lipinski definition) is 11. The predicted molar refractivity (Wildman–Crippen MR) is 156 cm³/mol. The molecule has 0 saturated carbocycles. The van der Waals surface area contributed by atoms with Crippen LogP contribution >= 0.6 is 0 Å². The molecule has 4 atom stereocenters. The molecule has 230 valence electrons. The normalized spacial score (nSPS) is 21.5. The van der Waals surface area contributed by atoms with Gasteiger partial charge in [-0.25, -0.2) is 14.4 Å². The van der Waals surface area contributed by atoms with Crippen molar-refractivity contribution in [2.45, 2.75) is 30.8 Å². The first-order valence-electron chi connectivity index (χ1n) is 14.1. The summed E-state index contributed by atoms with van der Waals surface area (Å²) in [6.45, 7) is 0.583. The van der Waals surface area contributed by atoms with Crippen LogP contribution in [-0.4, -0.2) is 117 Å². The number of amides is 2. The van der Waals surface area contributed by atoms with Crippen LogP contribution < -0.4 is 10.1 Å². The van der Waals surface area contributed by atoms with Crippen molar-refractivity contribution < 1.29 is 28.9 Å². The number of hydrogen-bond donors (Lipinski definition) is 3. The molecule has 2 aromatic carbocycles. The molecule has 0 radical (unpaired) electrons. The van der Waals surface area contributed by atoms with E-state index in [2.05, 4.69) is 26.3 Å². The molecule has 2 unspecified atom stereocenters. The molecule has 1 aromatic heterocycles. The Morgan fingerprint density at radius 2 is 1.95 bits per heavy atom. The first-order chi connectivity index (χ1) is 21.2. The molecule has 0 aliphatic carbocycles. The van der Waals surface area contributed by atoms with Crippen molar-refractivity contribution in [3.63, 3.8) is 0 Å². The van der Waals surface area contributed by atoms with Crippen LogP contribution in [0.5, 0.6) is 5.75 Å². The molecule has 2 amide bonds. The third-order valence-electron chi connectivity index (χ3n) is 7.78. The van der Waals surface area contributed by atoms with Gasteiger partial charge in [0.05, 0.1) is 18.7 Å². The molecule has 2 aliphatic heterocycles. The standard InChI is InChI=1S/C30H33FN8O5/c1-37-11-12-38(2)29(43)26(37)18-3-6-21(7-4-18)35-30-34-17-33-27(36-30)19-5-8-24(20(13-19)14-32)44-25-9-10-39(15-22(25)31)28(42)23(41)16-40/h3-8,13,17,22-23,25-26,40-41H,9-12,15-16H2,1-2H3,(H,33,34,35,36)/t22-,23?,25+,26?/m1/s1. The van der Waals surface area contributed by atoms with E-state index in [0.29, 0.717) is 23.6 Å². The molecule has 14 heteroatoms. The SMILES string of the molecule is CN1CCN(C)C(c2ccc(Nc3ncnc(-c4ccc(O[C@H]5CCN(C(=O)C(O)CO)C[C@H]5F)c(C#N)c4)n3)cc2)C1=O. The van der Waals surface area contributed by atoms with E-state index < -0.39 is 30.9 Å². The summed E-state index contributed by atoms with van der Waals surface area (Å²) < 4.78 is 20.7. The molecule has 44 heavy (non-hydrogen) atoms. The number of rotatable bonds is 8. The van der Waals surface area contributed by atoms with Gasteiger partial charge in [0.1, 0.15) is 30.3 Å². The summed E-state index contributed by atoms with van der Waals surface area (Å²) in [6, 6.07) is 13.9. The highest BCUT2D eigenvalue weighted by Gasteiger charge is 2.35. The average molecular weight is 605 g/mol. The number of aliphatic hydroxyl groups is 2. The highest BCUT2D eigenvalue weighted by atomic mass is 19.1. The second-order valence-corrected chi connectivity index (χ2v) is 10.8. The molecule has 3 N–H and O–H groups in total. The number of carbonyl (C=O) groups is 2. The van der Waals surface area contributed by atoms with E-state index in [0.717, 1.165) is 17.0 Å². The van der Waals surface area contributed by atoms with Crippen LogP contribution in [0.3, 0.4) is 0 Å². The van der Waals surface area contributed by atoms with E-state index in [1.165, 1.54) is 6.33 Å². The molecule has 13 nitrogen and oxygen atoms in total. The minimum absolute atomic E-state index is 0.0519. The van der Waals surface area contributed by atoms with Crippen molar-refractivity contribution in [1.82, 2.24) is 29.7 Å². The van der Waals surface area contributed by atoms with Gasteiger partial charge >= 0.3 is 0 Å². The monoisotopic (exact) mass is 604 g/mol. The fraction of sp³-hybridized carbons (Fsp3) is 0.400. The van der Waals surface area contributed by atoms with E-state index in [4.69, 9.17) is 9.84 Å². The van der Waals surface area contributed by atoms with Crippen LogP contribution in [0.25, 0.3) is 11.4 Å². The Kier molecular flexibility index (Phi) is 9.29. The minimum Gasteiger partial charge on any atom is -0.486 e. The van der Waals surface area contributed by atoms with Crippen molar-refractivity contribution in [3.05, 3.63) is 59.9 Å². The lowest BCUT2D eigenvalue weighted by Gasteiger charge is -2.37. The van der Waals surface area contributed by atoms with E-state index in [9.17, 15) is 24.3 Å². The topological polar surface area (TPSA) is 168 Å². The molecule has 2 aliphatic rings. The number of piperidine rings is 1. The first kappa shape index (κ1) is 30.7. The summed E-state index contributed by atoms with van der Waals surface area (Å²) in [6.07, 6.45) is -2.56. The Bertz CT molecular complexity index is 1550. The zero-order valence-electron chi connectivity index (χ0n) is 24.3. The number of likely N-dealkylation sites (tertiary alicyclic amines) is 1. The van der Waals surface area contributed by atoms with Gasteiger partial charge in [0.15, 0.2) is 18.1 Å². The fourth-order valence-electron chi connectivity index (χ4n) is 5.24. The van der Waals surface area contributed by atoms with Gasteiger partial charge in [0, 0.05) is 44.4 Å².